The third-order valence-corrected chi connectivity index (χ3v) is 4.93. The summed E-state index contributed by atoms with van der Waals surface area (Å²) in [5.41, 5.74) is 3.47. The van der Waals surface area contributed by atoms with Crippen LogP contribution in [0.4, 0.5) is 0 Å². The number of aliphatic hydroxyl groups is 1. The predicted octanol–water partition coefficient (Wildman–Crippen LogP) is 4.58. The zero-order valence-corrected chi connectivity index (χ0v) is 13.4. The Morgan fingerprint density at radius 1 is 1.04 bits per heavy atom. The molecular formula is C19H16O3S. The Labute approximate surface area is 138 Å². The first-order valence-electron chi connectivity index (χ1n) is 7.24. The van der Waals surface area contributed by atoms with E-state index in [-0.39, 0.29) is 6.61 Å². The number of thiophene rings is 1. The van der Waals surface area contributed by atoms with Crippen LogP contribution in [0.3, 0.4) is 0 Å². The Balaban J connectivity index is 2.30. The molecule has 2 N–H and O–H groups in total. The highest BCUT2D eigenvalue weighted by molar-refractivity contribution is 7.16. The third-order valence-electron chi connectivity index (χ3n) is 3.79. The number of carbonyl (C=O) groups is 1. The molecule has 0 radical (unpaired) electrons. The quantitative estimate of drug-likeness (QED) is 0.738. The SMILES string of the molecule is Cc1sc(-c2ccccc2CO)c(C(=O)O)c1-c1ccccc1. The Morgan fingerprint density at radius 3 is 2.35 bits per heavy atom. The summed E-state index contributed by atoms with van der Waals surface area (Å²) in [6.07, 6.45) is 0. The number of carboxylic acids is 1. The Morgan fingerprint density at radius 2 is 1.70 bits per heavy atom. The van der Waals surface area contributed by atoms with Gasteiger partial charge in [0.25, 0.3) is 0 Å². The van der Waals surface area contributed by atoms with E-state index in [1.165, 1.54) is 11.3 Å². The van der Waals surface area contributed by atoms with Crippen molar-refractivity contribution in [1.82, 2.24) is 0 Å². The molecule has 1 aromatic heterocycles. The smallest absolute Gasteiger partial charge is 0.337 e. The number of hydrogen-bond donors (Lipinski definition) is 2. The van der Waals surface area contributed by atoms with Gasteiger partial charge in [-0.15, -0.1) is 11.3 Å². The fraction of sp³-hybridized carbons (Fsp3) is 0.105. The molecule has 0 spiro atoms. The number of aromatic carboxylic acids is 1. The van der Waals surface area contributed by atoms with Gasteiger partial charge in [-0.05, 0) is 23.6 Å². The van der Waals surface area contributed by atoms with Gasteiger partial charge in [0.2, 0.25) is 0 Å². The van der Waals surface area contributed by atoms with Crippen LogP contribution >= 0.6 is 11.3 Å². The Hall–Kier alpha value is -2.43. The average Bonchev–Trinajstić information content (AvgIpc) is 2.93. The summed E-state index contributed by atoms with van der Waals surface area (Å²) in [6, 6.07) is 16.9. The molecule has 0 aliphatic heterocycles. The van der Waals surface area contributed by atoms with E-state index >= 15 is 0 Å². The van der Waals surface area contributed by atoms with Gasteiger partial charge in [0.15, 0.2) is 0 Å². The molecule has 0 aliphatic rings. The number of benzene rings is 2. The summed E-state index contributed by atoms with van der Waals surface area (Å²) in [4.78, 5) is 13.6. The Kier molecular flexibility index (Phi) is 4.28. The number of aliphatic hydroxyl groups excluding tert-OH is 1. The zero-order chi connectivity index (χ0) is 16.4. The number of rotatable bonds is 4. The first-order chi connectivity index (χ1) is 11.1. The van der Waals surface area contributed by atoms with Gasteiger partial charge in [-0.2, -0.15) is 0 Å². The highest BCUT2D eigenvalue weighted by Crippen LogP contribution is 2.42. The fourth-order valence-electron chi connectivity index (χ4n) is 2.77. The van der Waals surface area contributed by atoms with Gasteiger partial charge in [0.05, 0.1) is 17.0 Å². The van der Waals surface area contributed by atoms with Crippen LogP contribution < -0.4 is 0 Å². The minimum atomic E-state index is -0.948. The number of carboxylic acid groups (broad SMARTS) is 1. The van der Waals surface area contributed by atoms with Crippen molar-refractivity contribution in [3.8, 4) is 21.6 Å². The second-order valence-corrected chi connectivity index (χ2v) is 6.45. The molecule has 3 aromatic rings. The minimum absolute atomic E-state index is 0.118. The first kappa shape index (κ1) is 15.5. The van der Waals surface area contributed by atoms with Gasteiger partial charge in [0.1, 0.15) is 0 Å². The molecule has 4 heteroatoms. The van der Waals surface area contributed by atoms with Crippen LogP contribution in [0, 0.1) is 6.92 Å². The summed E-state index contributed by atoms with van der Waals surface area (Å²) in [5.74, 6) is -0.948. The van der Waals surface area contributed by atoms with Gasteiger partial charge >= 0.3 is 5.97 Å². The van der Waals surface area contributed by atoms with Crippen molar-refractivity contribution in [3.05, 3.63) is 70.6 Å². The molecular weight excluding hydrogens is 308 g/mol. The lowest BCUT2D eigenvalue weighted by Crippen LogP contribution is -2.00. The molecule has 0 aliphatic carbocycles. The highest BCUT2D eigenvalue weighted by atomic mass is 32.1. The van der Waals surface area contributed by atoms with Crippen LogP contribution in [-0.4, -0.2) is 16.2 Å². The van der Waals surface area contributed by atoms with Gasteiger partial charge in [-0.3, -0.25) is 0 Å². The van der Waals surface area contributed by atoms with Crippen LogP contribution in [-0.2, 0) is 6.61 Å². The van der Waals surface area contributed by atoms with Crippen LogP contribution in [0.2, 0.25) is 0 Å². The van der Waals surface area contributed by atoms with E-state index < -0.39 is 5.97 Å². The van der Waals surface area contributed by atoms with Gasteiger partial charge in [-0.1, -0.05) is 54.6 Å². The van der Waals surface area contributed by atoms with Crippen LogP contribution in [0.5, 0.6) is 0 Å². The third kappa shape index (κ3) is 2.79. The second kappa shape index (κ2) is 6.36. The summed E-state index contributed by atoms with van der Waals surface area (Å²) >= 11 is 1.45. The lowest BCUT2D eigenvalue weighted by molar-refractivity contribution is 0.0699. The van der Waals surface area contributed by atoms with Crippen molar-refractivity contribution >= 4 is 17.3 Å². The van der Waals surface area contributed by atoms with Crippen molar-refractivity contribution in [1.29, 1.82) is 0 Å². The number of hydrogen-bond acceptors (Lipinski definition) is 3. The standard InChI is InChI=1S/C19H16O3S/c1-12-16(13-7-3-2-4-8-13)17(19(21)22)18(23-12)15-10-6-5-9-14(15)11-20/h2-10,20H,11H2,1H3,(H,21,22). The maximum absolute atomic E-state index is 11.9. The molecule has 0 unspecified atom stereocenters. The molecule has 0 atom stereocenters. The van der Waals surface area contributed by atoms with E-state index in [4.69, 9.17) is 0 Å². The largest absolute Gasteiger partial charge is 0.478 e. The number of aryl methyl sites for hydroxylation is 1. The average molecular weight is 324 g/mol. The van der Waals surface area contributed by atoms with Crippen LogP contribution in [0.25, 0.3) is 21.6 Å². The van der Waals surface area contributed by atoms with E-state index in [1.807, 2.05) is 61.5 Å². The molecule has 0 saturated carbocycles. The lowest BCUT2D eigenvalue weighted by atomic mass is 9.96. The van der Waals surface area contributed by atoms with Crippen LogP contribution in [0.15, 0.2) is 54.6 Å². The molecule has 116 valence electrons. The normalized spacial score (nSPS) is 10.7. The van der Waals surface area contributed by atoms with Gasteiger partial charge in [-0.25, -0.2) is 4.79 Å². The molecule has 3 nitrogen and oxygen atoms in total. The molecule has 1 heterocycles. The summed E-state index contributed by atoms with van der Waals surface area (Å²) in [6.45, 7) is 1.82. The first-order valence-corrected chi connectivity index (χ1v) is 8.06. The summed E-state index contributed by atoms with van der Waals surface area (Å²) < 4.78 is 0. The molecule has 3 rings (SSSR count). The van der Waals surface area contributed by atoms with Gasteiger partial charge in [0, 0.05) is 10.4 Å². The van der Waals surface area contributed by atoms with Crippen LogP contribution in [0.1, 0.15) is 20.8 Å². The predicted molar refractivity (Wildman–Crippen MR) is 92.8 cm³/mol. The van der Waals surface area contributed by atoms with Gasteiger partial charge < -0.3 is 10.2 Å². The van der Waals surface area contributed by atoms with Crippen molar-refractivity contribution < 1.29 is 15.0 Å². The molecule has 0 amide bonds. The fourth-order valence-corrected chi connectivity index (χ4v) is 4.00. The summed E-state index contributed by atoms with van der Waals surface area (Å²) in [7, 11) is 0. The second-order valence-electron chi connectivity index (χ2n) is 5.22. The van der Waals surface area contributed by atoms with E-state index in [9.17, 15) is 15.0 Å². The minimum Gasteiger partial charge on any atom is -0.478 e. The molecule has 2 aromatic carbocycles. The van der Waals surface area contributed by atoms with E-state index in [2.05, 4.69) is 0 Å². The van der Waals surface area contributed by atoms with Crippen molar-refractivity contribution in [3.63, 3.8) is 0 Å². The lowest BCUT2D eigenvalue weighted by Gasteiger charge is -2.08. The zero-order valence-electron chi connectivity index (χ0n) is 12.6. The maximum atomic E-state index is 11.9. The van der Waals surface area contributed by atoms with E-state index in [1.54, 1.807) is 0 Å². The molecule has 0 bridgehead atoms. The summed E-state index contributed by atoms with van der Waals surface area (Å²) in [5, 5.41) is 19.3. The molecule has 23 heavy (non-hydrogen) atoms. The maximum Gasteiger partial charge on any atom is 0.337 e. The highest BCUT2D eigenvalue weighted by Gasteiger charge is 2.24. The molecule has 0 saturated heterocycles. The van der Waals surface area contributed by atoms with E-state index in [0.29, 0.717) is 10.4 Å². The molecule has 0 fully saturated rings. The topological polar surface area (TPSA) is 57.5 Å². The Bertz CT molecular complexity index is 850. The van der Waals surface area contributed by atoms with Crippen molar-refractivity contribution in [2.75, 3.05) is 0 Å². The monoisotopic (exact) mass is 324 g/mol. The van der Waals surface area contributed by atoms with Crippen molar-refractivity contribution in [2.24, 2.45) is 0 Å². The van der Waals surface area contributed by atoms with Crippen molar-refractivity contribution in [2.45, 2.75) is 13.5 Å². The van der Waals surface area contributed by atoms with E-state index in [0.717, 1.165) is 27.1 Å².